The third-order valence-electron chi connectivity index (χ3n) is 3.38. The van der Waals surface area contributed by atoms with Gasteiger partial charge in [-0.15, -0.1) is 0 Å². The van der Waals surface area contributed by atoms with Gasteiger partial charge >= 0.3 is 6.18 Å². The molecule has 1 saturated heterocycles. The van der Waals surface area contributed by atoms with Crippen molar-refractivity contribution in [2.45, 2.75) is 64.2 Å². The van der Waals surface area contributed by atoms with E-state index in [9.17, 15) is 27.9 Å². The highest BCUT2D eigenvalue weighted by Gasteiger charge is 2.35. The highest BCUT2D eigenvalue weighted by molar-refractivity contribution is 5.17. The van der Waals surface area contributed by atoms with Gasteiger partial charge in [0.15, 0.2) is 0 Å². The summed E-state index contributed by atoms with van der Waals surface area (Å²) in [5.74, 6) is -0.704. The fourth-order valence-corrected chi connectivity index (χ4v) is 2.07. The van der Waals surface area contributed by atoms with Crippen molar-refractivity contribution in [3.63, 3.8) is 0 Å². The van der Waals surface area contributed by atoms with Gasteiger partial charge < -0.3 is 20.1 Å². The van der Waals surface area contributed by atoms with E-state index in [-0.39, 0.29) is 12.7 Å². The molecule has 3 N–H and O–H groups in total. The monoisotopic (exact) mass is 387 g/mol. The fraction of sp³-hybridized carbons (Fsp3) is 0.688. The van der Waals surface area contributed by atoms with Gasteiger partial charge in [0.2, 0.25) is 0 Å². The topological polar surface area (TPSA) is 92.0 Å². The Bertz CT molecular complexity index is 504. The van der Waals surface area contributed by atoms with E-state index in [0.29, 0.717) is 6.42 Å². The summed E-state index contributed by atoms with van der Waals surface area (Å²) in [6, 6.07) is 2.71. The molecule has 1 aliphatic heterocycles. The number of aromatic nitrogens is 1. The van der Waals surface area contributed by atoms with Gasteiger partial charge in [-0.05, 0) is 12.5 Å². The minimum atomic E-state index is -4.57. The van der Waals surface area contributed by atoms with Crippen molar-refractivity contribution in [3.05, 3.63) is 23.9 Å². The standard InChI is InChI=1S/C8H16O4.C6H3F4NO.C2H6/c1-2-5-3-6(10)8(11)7(4-9)12-5;7-6(8,9)4-2-1-3-5(11-4)12-10;1-2/h5-11H,2-4H2,1H3;1-3H;1-2H3. The molecular weight excluding hydrogens is 362 g/mol. The smallest absolute Gasteiger partial charge is 0.394 e. The quantitative estimate of drug-likeness (QED) is 0.691. The molecule has 0 bridgehead atoms. The molecule has 1 fully saturated rings. The maximum atomic E-state index is 11.9. The molecule has 0 saturated carbocycles. The molecule has 0 amide bonds. The van der Waals surface area contributed by atoms with E-state index in [0.717, 1.165) is 24.6 Å². The van der Waals surface area contributed by atoms with E-state index in [1.165, 1.54) is 0 Å². The minimum absolute atomic E-state index is 0.0412. The summed E-state index contributed by atoms with van der Waals surface area (Å²) in [6.45, 7) is 5.71. The lowest BCUT2D eigenvalue weighted by molar-refractivity contribution is -0.179. The van der Waals surface area contributed by atoms with Gasteiger partial charge in [-0.2, -0.15) is 13.2 Å². The van der Waals surface area contributed by atoms with Crippen LogP contribution in [0.2, 0.25) is 0 Å². The molecule has 10 heteroatoms. The SMILES string of the molecule is CC.CCC1CC(O)C(O)C(CO)O1.FOc1cccc(C(F)(F)F)n1. The molecule has 2 rings (SSSR count). The second-order valence-electron chi connectivity index (χ2n) is 5.12. The van der Waals surface area contributed by atoms with Crippen LogP contribution in [-0.2, 0) is 10.9 Å². The second kappa shape index (κ2) is 12.0. The molecule has 26 heavy (non-hydrogen) atoms. The average molecular weight is 387 g/mol. The lowest BCUT2D eigenvalue weighted by Gasteiger charge is -2.35. The third-order valence-corrected chi connectivity index (χ3v) is 3.38. The van der Waals surface area contributed by atoms with Crippen molar-refractivity contribution in [2.75, 3.05) is 6.61 Å². The van der Waals surface area contributed by atoms with Crippen molar-refractivity contribution in [1.29, 1.82) is 0 Å². The molecule has 1 aromatic heterocycles. The van der Waals surface area contributed by atoms with Crippen molar-refractivity contribution in [1.82, 2.24) is 4.98 Å². The Labute approximate surface area is 149 Å². The van der Waals surface area contributed by atoms with Crippen LogP contribution in [0.15, 0.2) is 18.2 Å². The molecule has 1 aliphatic rings. The van der Waals surface area contributed by atoms with Crippen LogP contribution < -0.4 is 4.94 Å². The summed E-state index contributed by atoms with van der Waals surface area (Å²) >= 11 is 0. The highest BCUT2D eigenvalue weighted by atomic mass is 19.4. The Kier molecular flexibility index (Phi) is 11.3. The average Bonchev–Trinajstić information content (AvgIpc) is 2.65. The number of halogens is 4. The molecule has 0 radical (unpaired) electrons. The number of alkyl halides is 3. The summed E-state index contributed by atoms with van der Waals surface area (Å²) in [4.78, 5) is 5.88. The van der Waals surface area contributed by atoms with Gasteiger partial charge in [-0.1, -0.05) is 26.8 Å². The fourth-order valence-electron chi connectivity index (χ4n) is 2.07. The van der Waals surface area contributed by atoms with E-state index in [1.807, 2.05) is 20.8 Å². The summed E-state index contributed by atoms with van der Waals surface area (Å²) in [5.41, 5.74) is -1.18. The highest BCUT2D eigenvalue weighted by Crippen LogP contribution is 2.28. The molecule has 0 aromatic carbocycles. The van der Waals surface area contributed by atoms with Gasteiger partial charge in [-0.3, -0.25) is 4.94 Å². The predicted molar refractivity (Wildman–Crippen MR) is 85.0 cm³/mol. The lowest BCUT2D eigenvalue weighted by atomic mass is 9.97. The van der Waals surface area contributed by atoms with Crippen molar-refractivity contribution >= 4 is 0 Å². The van der Waals surface area contributed by atoms with E-state index >= 15 is 0 Å². The van der Waals surface area contributed by atoms with Crippen molar-refractivity contribution < 1.29 is 42.7 Å². The maximum Gasteiger partial charge on any atom is 0.433 e. The molecule has 1 aromatic rings. The van der Waals surface area contributed by atoms with Crippen LogP contribution in [0.25, 0.3) is 0 Å². The van der Waals surface area contributed by atoms with E-state index in [2.05, 4.69) is 9.93 Å². The number of rotatable bonds is 3. The first kappa shape index (κ1) is 24.5. The van der Waals surface area contributed by atoms with Crippen LogP contribution in [0, 0.1) is 0 Å². The van der Waals surface area contributed by atoms with Gasteiger partial charge in [0.25, 0.3) is 5.88 Å². The first-order valence-corrected chi connectivity index (χ1v) is 8.18. The van der Waals surface area contributed by atoms with Crippen molar-refractivity contribution in [3.8, 4) is 5.88 Å². The Morgan fingerprint density at radius 2 is 1.88 bits per heavy atom. The lowest BCUT2D eigenvalue weighted by Crippen LogP contribution is -2.49. The summed E-state index contributed by atoms with van der Waals surface area (Å²) in [5, 5.41) is 27.5. The van der Waals surface area contributed by atoms with Crippen LogP contribution in [0.3, 0.4) is 0 Å². The maximum absolute atomic E-state index is 11.9. The van der Waals surface area contributed by atoms with E-state index < -0.39 is 36.1 Å². The van der Waals surface area contributed by atoms with E-state index in [4.69, 9.17) is 9.84 Å². The minimum Gasteiger partial charge on any atom is -0.394 e. The van der Waals surface area contributed by atoms with Crippen LogP contribution in [0.5, 0.6) is 5.88 Å². The van der Waals surface area contributed by atoms with Gasteiger partial charge in [0.1, 0.15) is 17.9 Å². The number of aliphatic hydroxyl groups excluding tert-OH is 3. The predicted octanol–water partition coefficient (Wildman–Crippen LogP) is 2.66. The Morgan fingerprint density at radius 1 is 1.27 bits per heavy atom. The molecule has 6 nitrogen and oxygen atoms in total. The number of hydrogen-bond donors (Lipinski definition) is 3. The number of pyridine rings is 1. The molecular formula is C16H25F4NO5. The van der Waals surface area contributed by atoms with Crippen LogP contribution in [0.4, 0.5) is 17.7 Å². The molecule has 0 spiro atoms. The third kappa shape index (κ3) is 7.81. The Balaban J connectivity index is 0.000000439. The molecule has 2 heterocycles. The van der Waals surface area contributed by atoms with Crippen molar-refractivity contribution in [2.24, 2.45) is 0 Å². The van der Waals surface area contributed by atoms with Crippen LogP contribution >= 0.6 is 0 Å². The molecule has 4 unspecified atom stereocenters. The molecule has 152 valence electrons. The number of aliphatic hydroxyl groups is 3. The molecule has 4 atom stereocenters. The summed E-state index contributed by atoms with van der Waals surface area (Å²) < 4.78 is 52.3. The number of hydrogen-bond acceptors (Lipinski definition) is 6. The van der Waals surface area contributed by atoms with Gasteiger partial charge in [0.05, 0.1) is 18.8 Å². The Morgan fingerprint density at radius 3 is 2.35 bits per heavy atom. The van der Waals surface area contributed by atoms with E-state index in [1.54, 1.807) is 0 Å². The van der Waals surface area contributed by atoms with Crippen LogP contribution in [0.1, 0.15) is 39.3 Å². The van der Waals surface area contributed by atoms with Gasteiger partial charge in [-0.25, -0.2) is 4.98 Å². The first-order chi connectivity index (χ1) is 12.2. The zero-order valence-corrected chi connectivity index (χ0v) is 14.8. The zero-order valence-electron chi connectivity index (χ0n) is 14.8. The first-order valence-electron chi connectivity index (χ1n) is 8.18. The number of nitrogens with zero attached hydrogens (tertiary/aromatic N) is 1. The summed E-state index contributed by atoms with van der Waals surface area (Å²) in [6.07, 6.45) is -5.71. The van der Waals surface area contributed by atoms with Crippen LogP contribution in [-0.4, -0.2) is 51.3 Å². The largest absolute Gasteiger partial charge is 0.433 e. The van der Waals surface area contributed by atoms with Gasteiger partial charge in [0, 0.05) is 17.0 Å². The zero-order chi connectivity index (χ0) is 20.3. The second-order valence-corrected chi connectivity index (χ2v) is 5.12. The number of ether oxygens (including phenoxy) is 1. The normalized spacial score (nSPS) is 25.3. The summed E-state index contributed by atoms with van der Waals surface area (Å²) in [7, 11) is 0. The molecule has 0 aliphatic carbocycles. The Hall–Kier alpha value is -1.49.